The number of rotatable bonds is 1. The molecule has 0 amide bonds. The molecule has 0 atom stereocenters. The number of carboxylic acids is 1. The third-order valence-corrected chi connectivity index (χ3v) is 2.30. The van der Waals surface area contributed by atoms with Crippen molar-refractivity contribution in [2.45, 2.75) is 6.92 Å². The van der Waals surface area contributed by atoms with E-state index in [1.54, 1.807) is 12.3 Å². The van der Waals surface area contributed by atoms with Gasteiger partial charge in [-0.25, -0.2) is 0 Å². The van der Waals surface area contributed by atoms with Crippen molar-refractivity contribution in [3.05, 3.63) is 15.8 Å². The highest BCUT2D eigenvalue weighted by atomic mass is 35.5. The number of carbonyl (C=O) groups is 1. The Morgan fingerprint density at radius 3 is 2.45 bits per heavy atom. The molecular weight excluding hydrogens is 186 g/mol. The van der Waals surface area contributed by atoms with Crippen LogP contribution in [0.3, 0.4) is 0 Å². The second-order valence-electron chi connectivity index (χ2n) is 1.95. The molecule has 1 aromatic heterocycles. The van der Waals surface area contributed by atoms with Gasteiger partial charge in [-0.05, 0) is 17.9 Å². The summed E-state index contributed by atoms with van der Waals surface area (Å²) in [6.45, 7) is 1.76. The van der Waals surface area contributed by atoms with Gasteiger partial charge in [0.05, 0.1) is 16.5 Å². The van der Waals surface area contributed by atoms with E-state index in [9.17, 15) is 9.90 Å². The van der Waals surface area contributed by atoms with Gasteiger partial charge < -0.3 is 15.6 Å². The summed E-state index contributed by atoms with van der Waals surface area (Å²) >= 11 is 1.10. The van der Waals surface area contributed by atoms with Crippen molar-refractivity contribution >= 4 is 35.4 Å². The Kier molecular flexibility index (Phi) is 3.35. The van der Waals surface area contributed by atoms with Crippen LogP contribution >= 0.6 is 23.7 Å². The average molecular weight is 193 g/mol. The predicted molar refractivity (Wildman–Crippen MR) is 45.0 cm³/mol. The first-order chi connectivity index (χ1) is 4.63. The number of nitrogens with two attached hydrogens (primary N) is 1. The van der Waals surface area contributed by atoms with Crippen LogP contribution < -0.4 is 10.8 Å². The molecule has 1 heterocycles. The van der Waals surface area contributed by atoms with Gasteiger partial charge in [-0.2, -0.15) is 0 Å². The van der Waals surface area contributed by atoms with Crippen LogP contribution in [0.1, 0.15) is 15.2 Å². The quantitative estimate of drug-likeness (QED) is 0.702. The molecule has 0 aliphatic carbocycles. The summed E-state index contributed by atoms with van der Waals surface area (Å²) in [6, 6.07) is 0. The molecule has 0 saturated heterocycles. The Labute approximate surface area is 74.3 Å². The number of anilines is 1. The maximum Gasteiger partial charge on any atom is 0.0836 e. The summed E-state index contributed by atoms with van der Waals surface area (Å²) in [5.41, 5.74) is 6.51. The van der Waals surface area contributed by atoms with E-state index in [0.717, 1.165) is 16.9 Å². The molecule has 0 fully saturated rings. The molecule has 0 unspecified atom stereocenters. The van der Waals surface area contributed by atoms with Crippen LogP contribution in [0.2, 0.25) is 0 Å². The monoisotopic (exact) mass is 192 g/mol. The van der Waals surface area contributed by atoms with Gasteiger partial charge in [0, 0.05) is 0 Å². The number of nitrogen functional groups attached to an aromatic ring is 1. The maximum atomic E-state index is 10.3. The zero-order chi connectivity index (χ0) is 7.72. The molecule has 5 heteroatoms. The lowest BCUT2D eigenvalue weighted by molar-refractivity contribution is -0.254. The highest BCUT2D eigenvalue weighted by Gasteiger charge is 2.04. The number of thiophene rings is 1. The van der Waals surface area contributed by atoms with E-state index < -0.39 is 5.97 Å². The van der Waals surface area contributed by atoms with Crippen LogP contribution in [-0.2, 0) is 0 Å². The molecule has 1 aromatic rings. The SMILES string of the molecule is Cc1csc(C(=O)[O-])c1N.Cl. The van der Waals surface area contributed by atoms with Crippen molar-refractivity contribution in [2.75, 3.05) is 5.73 Å². The number of hydrogen-bond donors (Lipinski definition) is 1. The van der Waals surface area contributed by atoms with Crippen LogP contribution in [-0.4, -0.2) is 5.97 Å². The van der Waals surface area contributed by atoms with Crippen molar-refractivity contribution in [1.29, 1.82) is 0 Å². The maximum absolute atomic E-state index is 10.3. The van der Waals surface area contributed by atoms with Gasteiger partial charge in [-0.3, -0.25) is 0 Å². The van der Waals surface area contributed by atoms with Crippen molar-refractivity contribution in [1.82, 2.24) is 0 Å². The zero-order valence-corrected chi connectivity index (χ0v) is 7.42. The third kappa shape index (κ3) is 1.85. The lowest BCUT2D eigenvalue weighted by Gasteiger charge is -1.98. The van der Waals surface area contributed by atoms with E-state index in [4.69, 9.17) is 5.73 Å². The molecule has 2 N–H and O–H groups in total. The second kappa shape index (κ2) is 3.59. The van der Waals surface area contributed by atoms with Gasteiger partial charge in [-0.1, -0.05) is 0 Å². The first kappa shape index (κ1) is 10.3. The smallest absolute Gasteiger partial charge is 0.0836 e. The first-order valence-corrected chi connectivity index (χ1v) is 3.56. The molecule has 11 heavy (non-hydrogen) atoms. The van der Waals surface area contributed by atoms with Crippen LogP contribution in [0.25, 0.3) is 0 Å². The predicted octanol–water partition coefficient (Wildman–Crippen LogP) is 0.424. The van der Waals surface area contributed by atoms with Crippen molar-refractivity contribution < 1.29 is 9.90 Å². The Morgan fingerprint density at radius 1 is 1.73 bits per heavy atom. The van der Waals surface area contributed by atoms with Gasteiger partial charge in [0.25, 0.3) is 0 Å². The number of carboxylic acid groups (broad SMARTS) is 1. The molecular formula is C6H7ClNO2S-. The molecule has 0 spiro atoms. The number of aromatic carboxylic acids is 1. The van der Waals surface area contributed by atoms with E-state index in [2.05, 4.69) is 0 Å². The van der Waals surface area contributed by atoms with Crippen LogP contribution in [0.5, 0.6) is 0 Å². The molecule has 0 aliphatic heterocycles. The Hall–Kier alpha value is -0.740. The van der Waals surface area contributed by atoms with Crippen LogP contribution in [0, 0.1) is 6.92 Å². The third-order valence-electron chi connectivity index (χ3n) is 1.21. The molecule has 0 aliphatic rings. The number of hydrogen-bond acceptors (Lipinski definition) is 4. The van der Waals surface area contributed by atoms with E-state index >= 15 is 0 Å². The lowest BCUT2D eigenvalue weighted by atomic mass is 10.3. The molecule has 62 valence electrons. The molecule has 1 rings (SSSR count). The minimum atomic E-state index is -1.20. The Morgan fingerprint density at radius 2 is 2.27 bits per heavy atom. The summed E-state index contributed by atoms with van der Waals surface area (Å²) in [6.07, 6.45) is 0. The van der Waals surface area contributed by atoms with E-state index in [0.29, 0.717) is 5.69 Å². The van der Waals surface area contributed by atoms with Crippen LogP contribution in [0.15, 0.2) is 5.38 Å². The standard InChI is InChI=1S/C6H7NO2S.ClH/c1-3-2-10-5(4(3)7)6(8)9;/h2H,7H2,1H3,(H,8,9);1H/p-1. The van der Waals surface area contributed by atoms with Gasteiger partial charge in [0.15, 0.2) is 0 Å². The summed E-state index contributed by atoms with van der Waals surface area (Å²) in [5.74, 6) is -1.20. The van der Waals surface area contributed by atoms with Gasteiger partial charge in [0.2, 0.25) is 0 Å². The number of halogens is 1. The second-order valence-corrected chi connectivity index (χ2v) is 2.83. The highest BCUT2D eigenvalue weighted by Crippen LogP contribution is 2.22. The minimum Gasteiger partial charge on any atom is -0.544 e. The molecule has 3 nitrogen and oxygen atoms in total. The fraction of sp³-hybridized carbons (Fsp3) is 0.167. The van der Waals surface area contributed by atoms with Gasteiger partial charge in [0.1, 0.15) is 0 Å². The minimum absolute atomic E-state index is 0. The van der Waals surface area contributed by atoms with Crippen molar-refractivity contribution in [3.63, 3.8) is 0 Å². The summed E-state index contributed by atoms with van der Waals surface area (Å²) in [4.78, 5) is 10.4. The molecule has 0 radical (unpaired) electrons. The Bertz CT molecular complexity index is 272. The summed E-state index contributed by atoms with van der Waals surface area (Å²) < 4.78 is 0. The fourth-order valence-electron chi connectivity index (χ4n) is 0.611. The highest BCUT2D eigenvalue weighted by molar-refractivity contribution is 7.12. The van der Waals surface area contributed by atoms with Crippen molar-refractivity contribution in [2.24, 2.45) is 0 Å². The largest absolute Gasteiger partial charge is 0.544 e. The summed E-state index contributed by atoms with van der Waals surface area (Å²) in [5, 5.41) is 11.9. The molecule has 0 bridgehead atoms. The fourth-order valence-corrected chi connectivity index (χ4v) is 1.42. The number of carbonyl (C=O) groups excluding carboxylic acids is 1. The summed E-state index contributed by atoms with van der Waals surface area (Å²) in [7, 11) is 0. The van der Waals surface area contributed by atoms with Gasteiger partial charge >= 0.3 is 0 Å². The van der Waals surface area contributed by atoms with E-state index in [1.807, 2.05) is 0 Å². The van der Waals surface area contributed by atoms with E-state index in [-0.39, 0.29) is 17.3 Å². The van der Waals surface area contributed by atoms with Gasteiger partial charge in [-0.15, -0.1) is 23.7 Å². The zero-order valence-electron chi connectivity index (χ0n) is 5.79. The topological polar surface area (TPSA) is 66.1 Å². The van der Waals surface area contributed by atoms with Crippen molar-refractivity contribution in [3.8, 4) is 0 Å². The average Bonchev–Trinajstić information content (AvgIpc) is 2.14. The molecule has 0 saturated carbocycles. The van der Waals surface area contributed by atoms with E-state index in [1.165, 1.54) is 0 Å². The number of aryl methyl sites for hydroxylation is 1. The van der Waals surface area contributed by atoms with Crippen LogP contribution in [0.4, 0.5) is 5.69 Å². The molecule has 0 aromatic carbocycles. The normalized spacial score (nSPS) is 8.82. The lowest BCUT2D eigenvalue weighted by Crippen LogP contribution is -2.22. The Balaban J connectivity index is 0.000001000. The first-order valence-electron chi connectivity index (χ1n) is 2.68.